The minimum absolute atomic E-state index is 0.107. The van der Waals surface area contributed by atoms with Gasteiger partial charge in [0, 0.05) is 16.9 Å². The molecule has 0 spiro atoms. The van der Waals surface area contributed by atoms with Crippen LogP contribution in [0.4, 0.5) is 15.8 Å². The summed E-state index contributed by atoms with van der Waals surface area (Å²) in [4.78, 5) is 25.0. The molecule has 0 fully saturated rings. The molecule has 0 aliphatic heterocycles. The molecule has 0 saturated carbocycles. The number of rotatable bonds is 5. The van der Waals surface area contributed by atoms with Crippen molar-refractivity contribution >= 4 is 23.2 Å². The van der Waals surface area contributed by atoms with Crippen LogP contribution in [0.1, 0.15) is 32.3 Å². The third kappa shape index (κ3) is 4.17. The monoisotopic (exact) mass is 420 g/mol. The fourth-order valence-electron chi connectivity index (χ4n) is 2.90. The number of aromatic nitrogens is 4. The Labute approximate surface area is 175 Å². The molecule has 0 unspecified atom stereocenters. The predicted molar refractivity (Wildman–Crippen MR) is 110 cm³/mol. The number of hydrogen-bond acceptors (Lipinski definition) is 6. The summed E-state index contributed by atoms with van der Waals surface area (Å²) in [5.74, 6) is -0.833. The quantitative estimate of drug-likeness (QED) is 0.511. The lowest BCUT2D eigenvalue weighted by Crippen LogP contribution is -2.15. The molecule has 0 bridgehead atoms. The van der Waals surface area contributed by atoms with Crippen molar-refractivity contribution in [1.29, 1.82) is 0 Å². The molecule has 2 amide bonds. The van der Waals surface area contributed by atoms with Gasteiger partial charge < -0.3 is 15.1 Å². The molecule has 156 valence electrons. The second-order valence-corrected chi connectivity index (χ2v) is 6.72. The number of nitrogens with one attached hydrogen (secondary N) is 2. The summed E-state index contributed by atoms with van der Waals surface area (Å²) >= 11 is 0. The fourth-order valence-corrected chi connectivity index (χ4v) is 2.90. The highest BCUT2D eigenvalue weighted by molar-refractivity contribution is 6.07. The highest BCUT2D eigenvalue weighted by Crippen LogP contribution is 2.22. The predicted octanol–water partition coefficient (Wildman–Crippen LogP) is 3.52. The van der Waals surface area contributed by atoms with Crippen LogP contribution in [0.5, 0.6) is 0 Å². The molecule has 0 atom stereocenters. The molecule has 4 rings (SSSR count). The highest BCUT2D eigenvalue weighted by atomic mass is 19.1. The first-order chi connectivity index (χ1) is 14.9. The Morgan fingerprint density at radius 2 is 1.87 bits per heavy atom. The van der Waals surface area contributed by atoms with Gasteiger partial charge in [-0.25, -0.2) is 4.39 Å². The van der Waals surface area contributed by atoms with E-state index >= 15 is 0 Å². The number of anilines is 2. The molecule has 10 heteroatoms. The van der Waals surface area contributed by atoms with Gasteiger partial charge >= 0.3 is 0 Å². The van der Waals surface area contributed by atoms with Crippen LogP contribution in [0.3, 0.4) is 0 Å². The average Bonchev–Trinajstić information content (AvgIpc) is 3.43. The van der Waals surface area contributed by atoms with Crippen LogP contribution in [0.2, 0.25) is 0 Å². The van der Waals surface area contributed by atoms with E-state index in [2.05, 4.69) is 26.2 Å². The van der Waals surface area contributed by atoms with Gasteiger partial charge in [0.1, 0.15) is 11.5 Å². The molecule has 9 nitrogen and oxygen atoms in total. The van der Waals surface area contributed by atoms with E-state index in [9.17, 15) is 14.0 Å². The maximum Gasteiger partial charge on any atom is 0.291 e. The van der Waals surface area contributed by atoms with E-state index in [0.717, 1.165) is 5.56 Å². The second kappa shape index (κ2) is 8.19. The van der Waals surface area contributed by atoms with Crippen LogP contribution in [-0.2, 0) is 0 Å². The zero-order valence-electron chi connectivity index (χ0n) is 16.6. The van der Waals surface area contributed by atoms with E-state index in [0.29, 0.717) is 22.8 Å². The van der Waals surface area contributed by atoms with E-state index in [4.69, 9.17) is 4.42 Å². The smallest absolute Gasteiger partial charge is 0.291 e. The number of hydrogen-bond donors (Lipinski definition) is 2. The Morgan fingerprint density at radius 1 is 1.03 bits per heavy atom. The van der Waals surface area contributed by atoms with Crippen molar-refractivity contribution in [3.05, 3.63) is 83.3 Å². The summed E-state index contributed by atoms with van der Waals surface area (Å²) in [7, 11) is 0. The Bertz CT molecular complexity index is 1270. The largest absolute Gasteiger partial charge is 0.459 e. The van der Waals surface area contributed by atoms with Crippen molar-refractivity contribution in [3.63, 3.8) is 0 Å². The Kier molecular flexibility index (Phi) is 5.27. The number of benzene rings is 2. The normalized spacial score (nSPS) is 10.7. The third-order valence-corrected chi connectivity index (χ3v) is 4.55. The van der Waals surface area contributed by atoms with Gasteiger partial charge in [-0.2, -0.15) is 4.68 Å². The van der Waals surface area contributed by atoms with Gasteiger partial charge in [0.05, 0.1) is 6.26 Å². The van der Waals surface area contributed by atoms with Crippen molar-refractivity contribution < 1.29 is 18.4 Å². The summed E-state index contributed by atoms with van der Waals surface area (Å²) in [6, 6.07) is 12.1. The minimum atomic E-state index is -0.536. The standard InChI is InChI=1S/C21H17FN6O3/c1-12-5-6-14(10-17(12)24-21(30)19-4-3-9-31-19)20(29)23-15-7-8-16(22)18(11-15)28-13(2)25-26-27-28/h3-11H,1-2H3,(H,23,29)(H,24,30). The first-order valence-electron chi connectivity index (χ1n) is 9.24. The van der Waals surface area contributed by atoms with Crippen LogP contribution in [0, 0.1) is 19.7 Å². The van der Waals surface area contributed by atoms with Gasteiger partial charge in [0.2, 0.25) is 0 Å². The molecule has 0 aliphatic rings. The Balaban J connectivity index is 1.55. The second-order valence-electron chi connectivity index (χ2n) is 6.72. The number of carbonyl (C=O) groups excluding carboxylic acids is 2. The lowest BCUT2D eigenvalue weighted by molar-refractivity contribution is 0.0993. The van der Waals surface area contributed by atoms with Gasteiger partial charge in [-0.05, 0) is 72.3 Å². The molecule has 31 heavy (non-hydrogen) atoms. The summed E-state index contributed by atoms with van der Waals surface area (Å²) in [5, 5.41) is 16.4. The van der Waals surface area contributed by atoms with E-state index in [1.807, 2.05) is 0 Å². The lowest BCUT2D eigenvalue weighted by Gasteiger charge is -2.11. The number of halogens is 1. The van der Waals surface area contributed by atoms with Gasteiger partial charge in [-0.15, -0.1) is 5.10 Å². The maximum atomic E-state index is 14.2. The van der Waals surface area contributed by atoms with Crippen LogP contribution >= 0.6 is 0 Å². The summed E-state index contributed by atoms with van der Waals surface area (Å²) in [6.07, 6.45) is 1.40. The van der Waals surface area contributed by atoms with Crippen molar-refractivity contribution in [1.82, 2.24) is 20.2 Å². The maximum absolute atomic E-state index is 14.2. The fraction of sp³-hybridized carbons (Fsp3) is 0.0952. The summed E-state index contributed by atoms with van der Waals surface area (Å²) in [6.45, 7) is 3.44. The Morgan fingerprint density at radius 3 is 2.58 bits per heavy atom. The molecule has 2 N–H and O–H groups in total. The zero-order chi connectivity index (χ0) is 22.0. The van der Waals surface area contributed by atoms with E-state index < -0.39 is 17.6 Å². The molecule has 2 aromatic carbocycles. The van der Waals surface area contributed by atoms with Crippen LogP contribution in [-0.4, -0.2) is 32.0 Å². The third-order valence-electron chi connectivity index (χ3n) is 4.55. The number of nitrogens with zero attached hydrogens (tertiary/aromatic N) is 4. The minimum Gasteiger partial charge on any atom is -0.459 e. The first-order valence-corrected chi connectivity index (χ1v) is 9.24. The first kappa shape index (κ1) is 20.0. The molecular weight excluding hydrogens is 403 g/mol. The topological polar surface area (TPSA) is 115 Å². The van der Waals surface area contributed by atoms with Gasteiger partial charge in [-0.3, -0.25) is 9.59 Å². The number of furan rings is 1. The van der Waals surface area contributed by atoms with Crippen LogP contribution in [0.25, 0.3) is 5.69 Å². The number of carbonyl (C=O) groups is 2. The summed E-state index contributed by atoms with van der Waals surface area (Å²) < 4.78 is 20.6. The average molecular weight is 420 g/mol. The number of amides is 2. The van der Waals surface area contributed by atoms with Crippen LogP contribution in [0.15, 0.2) is 59.2 Å². The van der Waals surface area contributed by atoms with E-state index in [1.165, 1.54) is 29.1 Å². The van der Waals surface area contributed by atoms with Gasteiger partial charge in [0.15, 0.2) is 11.6 Å². The van der Waals surface area contributed by atoms with E-state index in [1.54, 1.807) is 44.2 Å². The molecule has 2 heterocycles. The van der Waals surface area contributed by atoms with Crippen molar-refractivity contribution in [2.24, 2.45) is 0 Å². The van der Waals surface area contributed by atoms with Crippen molar-refractivity contribution in [3.8, 4) is 5.69 Å². The molecule has 0 saturated heterocycles. The van der Waals surface area contributed by atoms with E-state index in [-0.39, 0.29) is 11.4 Å². The lowest BCUT2D eigenvalue weighted by atomic mass is 10.1. The van der Waals surface area contributed by atoms with Crippen LogP contribution < -0.4 is 10.6 Å². The van der Waals surface area contributed by atoms with Gasteiger partial charge in [0.25, 0.3) is 11.8 Å². The zero-order valence-corrected chi connectivity index (χ0v) is 16.6. The molecule has 2 aromatic heterocycles. The molecule has 0 radical (unpaired) electrons. The van der Waals surface area contributed by atoms with Crippen molar-refractivity contribution in [2.75, 3.05) is 10.6 Å². The molecular formula is C21H17FN6O3. The molecule has 0 aliphatic carbocycles. The highest BCUT2D eigenvalue weighted by Gasteiger charge is 2.15. The number of tetrazole rings is 1. The van der Waals surface area contributed by atoms with Crippen molar-refractivity contribution in [2.45, 2.75) is 13.8 Å². The SMILES string of the molecule is Cc1ccc(C(=O)Nc2ccc(F)c(-n3nnnc3C)c2)cc1NC(=O)c1ccco1. The Hall–Kier alpha value is -4.34. The number of aryl methyl sites for hydroxylation is 2. The molecule has 4 aromatic rings. The summed E-state index contributed by atoms with van der Waals surface area (Å²) in [5.41, 5.74) is 2.02. The van der Waals surface area contributed by atoms with Gasteiger partial charge in [-0.1, -0.05) is 6.07 Å².